The Balaban J connectivity index is 2.52. The highest BCUT2D eigenvalue weighted by Crippen LogP contribution is 2.04. The standard InChI is InChI=1S/C11H14N4O3/c1-3-8(4-2)13-11(18)14-9-5-12-15(6-9)7-10(16)17/h1,5-6,8H,4,7H2,2H3,(H,16,17)(H2,13,14,18). The molecule has 0 fully saturated rings. The number of nitrogens with zero attached hydrogens (tertiary/aromatic N) is 2. The number of carbonyl (C=O) groups excluding carboxylic acids is 1. The van der Waals surface area contributed by atoms with Crippen molar-refractivity contribution in [2.75, 3.05) is 5.32 Å². The monoisotopic (exact) mass is 250 g/mol. The largest absolute Gasteiger partial charge is 0.480 e. The Hall–Kier alpha value is -2.49. The van der Waals surface area contributed by atoms with Crippen LogP contribution in [0.15, 0.2) is 12.4 Å². The number of amides is 2. The van der Waals surface area contributed by atoms with Gasteiger partial charge in [-0.15, -0.1) is 6.42 Å². The van der Waals surface area contributed by atoms with E-state index in [0.29, 0.717) is 12.1 Å². The molecule has 0 aliphatic rings. The summed E-state index contributed by atoms with van der Waals surface area (Å²) < 4.78 is 1.20. The molecule has 96 valence electrons. The minimum Gasteiger partial charge on any atom is -0.480 e. The van der Waals surface area contributed by atoms with Gasteiger partial charge in [0.2, 0.25) is 0 Å². The van der Waals surface area contributed by atoms with Gasteiger partial charge in [-0.3, -0.25) is 9.48 Å². The Bertz CT molecular complexity index is 475. The van der Waals surface area contributed by atoms with Crippen LogP contribution in [0.2, 0.25) is 0 Å². The van der Waals surface area contributed by atoms with E-state index in [-0.39, 0.29) is 12.6 Å². The Kier molecular flexibility index (Phi) is 4.75. The van der Waals surface area contributed by atoms with Crippen molar-refractivity contribution in [1.82, 2.24) is 15.1 Å². The normalized spacial score (nSPS) is 11.3. The summed E-state index contributed by atoms with van der Waals surface area (Å²) in [6.07, 6.45) is 8.62. The van der Waals surface area contributed by atoms with Gasteiger partial charge in [-0.1, -0.05) is 12.8 Å². The Morgan fingerprint density at radius 1 is 1.67 bits per heavy atom. The number of terminal acetylenes is 1. The minimum atomic E-state index is -1.01. The van der Waals surface area contributed by atoms with Crippen LogP contribution in [-0.4, -0.2) is 32.9 Å². The smallest absolute Gasteiger partial charge is 0.325 e. The van der Waals surface area contributed by atoms with Crippen molar-refractivity contribution >= 4 is 17.7 Å². The molecule has 0 radical (unpaired) electrons. The van der Waals surface area contributed by atoms with E-state index in [4.69, 9.17) is 11.5 Å². The third kappa shape index (κ3) is 4.17. The summed E-state index contributed by atoms with van der Waals surface area (Å²) in [6.45, 7) is 1.60. The van der Waals surface area contributed by atoms with Gasteiger partial charge in [0.1, 0.15) is 6.54 Å². The maximum absolute atomic E-state index is 11.5. The fourth-order valence-electron chi connectivity index (χ4n) is 1.24. The highest BCUT2D eigenvalue weighted by Gasteiger charge is 2.09. The number of carbonyl (C=O) groups is 2. The molecular weight excluding hydrogens is 236 g/mol. The lowest BCUT2D eigenvalue weighted by Gasteiger charge is -2.10. The second-order valence-corrected chi connectivity index (χ2v) is 3.55. The molecule has 0 bridgehead atoms. The molecule has 0 saturated carbocycles. The van der Waals surface area contributed by atoms with Gasteiger partial charge >= 0.3 is 12.0 Å². The number of carboxylic acids is 1. The van der Waals surface area contributed by atoms with Gasteiger partial charge < -0.3 is 15.7 Å². The van der Waals surface area contributed by atoms with E-state index in [9.17, 15) is 9.59 Å². The summed E-state index contributed by atoms with van der Waals surface area (Å²) in [5, 5.41) is 17.4. The van der Waals surface area contributed by atoms with E-state index in [1.807, 2.05) is 6.92 Å². The molecule has 0 spiro atoms. The average molecular weight is 250 g/mol. The topological polar surface area (TPSA) is 96.3 Å². The van der Waals surface area contributed by atoms with Crippen molar-refractivity contribution in [3.8, 4) is 12.3 Å². The van der Waals surface area contributed by atoms with Crippen molar-refractivity contribution in [3.63, 3.8) is 0 Å². The number of aliphatic carboxylic acids is 1. The predicted molar refractivity (Wildman–Crippen MR) is 64.9 cm³/mol. The van der Waals surface area contributed by atoms with Crippen molar-refractivity contribution < 1.29 is 14.7 Å². The van der Waals surface area contributed by atoms with Crippen LogP contribution in [0.1, 0.15) is 13.3 Å². The lowest BCUT2D eigenvalue weighted by atomic mass is 10.2. The first-order valence-corrected chi connectivity index (χ1v) is 5.33. The summed E-state index contributed by atoms with van der Waals surface area (Å²) in [5.41, 5.74) is 0.403. The molecule has 1 aromatic heterocycles. The molecule has 0 aliphatic carbocycles. The third-order valence-corrected chi connectivity index (χ3v) is 2.10. The summed E-state index contributed by atoms with van der Waals surface area (Å²) >= 11 is 0. The summed E-state index contributed by atoms with van der Waals surface area (Å²) in [5.74, 6) is 1.42. The fraction of sp³-hybridized carbons (Fsp3) is 0.364. The molecule has 0 aromatic carbocycles. The zero-order valence-corrected chi connectivity index (χ0v) is 9.88. The van der Waals surface area contributed by atoms with Crippen LogP contribution in [0.4, 0.5) is 10.5 Å². The fourth-order valence-corrected chi connectivity index (χ4v) is 1.24. The van der Waals surface area contributed by atoms with E-state index in [2.05, 4.69) is 21.7 Å². The molecule has 18 heavy (non-hydrogen) atoms. The zero-order valence-electron chi connectivity index (χ0n) is 9.88. The van der Waals surface area contributed by atoms with E-state index in [0.717, 1.165) is 0 Å². The van der Waals surface area contributed by atoms with Gasteiger partial charge in [0.15, 0.2) is 0 Å². The quantitative estimate of drug-likeness (QED) is 0.663. The van der Waals surface area contributed by atoms with Crippen LogP contribution in [0.25, 0.3) is 0 Å². The number of hydrogen-bond donors (Lipinski definition) is 3. The number of aromatic nitrogens is 2. The van der Waals surface area contributed by atoms with Gasteiger partial charge in [0.25, 0.3) is 0 Å². The van der Waals surface area contributed by atoms with Crippen molar-refractivity contribution in [1.29, 1.82) is 0 Å². The maximum atomic E-state index is 11.5. The number of nitrogens with one attached hydrogen (secondary N) is 2. The maximum Gasteiger partial charge on any atom is 0.325 e. The van der Waals surface area contributed by atoms with Crippen LogP contribution in [-0.2, 0) is 11.3 Å². The zero-order chi connectivity index (χ0) is 13.5. The highest BCUT2D eigenvalue weighted by molar-refractivity contribution is 5.89. The van der Waals surface area contributed by atoms with Crippen LogP contribution in [0.5, 0.6) is 0 Å². The van der Waals surface area contributed by atoms with E-state index < -0.39 is 12.0 Å². The van der Waals surface area contributed by atoms with Crippen LogP contribution >= 0.6 is 0 Å². The first-order valence-electron chi connectivity index (χ1n) is 5.33. The highest BCUT2D eigenvalue weighted by atomic mass is 16.4. The van der Waals surface area contributed by atoms with Gasteiger partial charge in [0.05, 0.1) is 17.9 Å². The molecule has 2 amide bonds. The molecule has 3 N–H and O–H groups in total. The average Bonchev–Trinajstić information content (AvgIpc) is 2.72. The molecule has 7 heteroatoms. The van der Waals surface area contributed by atoms with E-state index >= 15 is 0 Å². The van der Waals surface area contributed by atoms with Crippen molar-refractivity contribution in [2.45, 2.75) is 25.9 Å². The van der Waals surface area contributed by atoms with Gasteiger partial charge in [-0.25, -0.2) is 4.79 Å². The van der Waals surface area contributed by atoms with Crippen molar-refractivity contribution in [2.24, 2.45) is 0 Å². The summed E-state index contributed by atoms with van der Waals surface area (Å²) in [6, 6.07) is -0.784. The number of carboxylic acid groups (broad SMARTS) is 1. The lowest BCUT2D eigenvalue weighted by molar-refractivity contribution is -0.137. The Morgan fingerprint density at radius 2 is 2.39 bits per heavy atom. The number of anilines is 1. The van der Waals surface area contributed by atoms with Crippen LogP contribution in [0.3, 0.4) is 0 Å². The molecule has 7 nitrogen and oxygen atoms in total. The van der Waals surface area contributed by atoms with E-state index in [1.165, 1.54) is 17.1 Å². The van der Waals surface area contributed by atoms with Gasteiger partial charge in [-0.05, 0) is 6.42 Å². The van der Waals surface area contributed by atoms with Gasteiger partial charge in [0, 0.05) is 6.20 Å². The SMILES string of the molecule is C#CC(CC)NC(=O)Nc1cnn(CC(=O)O)c1. The molecule has 1 heterocycles. The number of urea groups is 1. The lowest BCUT2D eigenvalue weighted by Crippen LogP contribution is -2.36. The molecule has 0 aliphatic heterocycles. The first kappa shape index (κ1) is 13.6. The van der Waals surface area contributed by atoms with Crippen LogP contribution < -0.4 is 10.6 Å². The second kappa shape index (κ2) is 6.30. The summed E-state index contributed by atoms with van der Waals surface area (Å²) in [4.78, 5) is 21.9. The first-order chi connectivity index (χ1) is 8.55. The second-order valence-electron chi connectivity index (χ2n) is 3.55. The Morgan fingerprint density at radius 3 is 2.94 bits per heavy atom. The van der Waals surface area contributed by atoms with Crippen LogP contribution in [0, 0.1) is 12.3 Å². The number of rotatable bonds is 5. The Labute approximate surface area is 104 Å². The predicted octanol–water partition coefficient (Wildman–Crippen LogP) is 0.501. The van der Waals surface area contributed by atoms with Gasteiger partial charge in [-0.2, -0.15) is 5.10 Å². The molecular formula is C11H14N4O3. The molecule has 1 aromatic rings. The van der Waals surface area contributed by atoms with E-state index in [1.54, 1.807) is 0 Å². The van der Waals surface area contributed by atoms with Crippen molar-refractivity contribution in [3.05, 3.63) is 12.4 Å². The molecule has 1 atom stereocenters. The molecule has 0 saturated heterocycles. The minimum absolute atomic E-state index is 0.259. The molecule has 1 rings (SSSR count). The molecule has 1 unspecified atom stereocenters. The summed E-state index contributed by atoms with van der Waals surface area (Å²) in [7, 11) is 0. The third-order valence-electron chi connectivity index (χ3n) is 2.10. The number of hydrogen-bond acceptors (Lipinski definition) is 3.